The summed E-state index contributed by atoms with van der Waals surface area (Å²) in [5, 5.41) is 23.0. The lowest BCUT2D eigenvalue weighted by Crippen LogP contribution is -1.90. The number of thiazole rings is 1. The van der Waals surface area contributed by atoms with Gasteiger partial charge >= 0.3 is 0 Å². The first kappa shape index (κ1) is 17.0. The van der Waals surface area contributed by atoms with Crippen LogP contribution in [0.1, 0.15) is 9.75 Å². The first-order valence-electron chi connectivity index (χ1n) is 6.60. The third kappa shape index (κ3) is 3.18. The van der Waals surface area contributed by atoms with Crippen LogP contribution in [0.5, 0.6) is 0 Å². The van der Waals surface area contributed by atoms with Crippen LogP contribution in [0.4, 0.5) is 5.69 Å². The minimum atomic E-state index is -0.517. The Hall–Kier alpha value is -1.87. The summed E-state index contributed by atoms with van der Waals surface area (Å²) in [6.45, 7) is 1.93. The van der Waals surface area contributed by atoms with Crippen molar-refractivity contribution in [1.82, 2.24) is 4.98 Å². The zero-order chi connectivity index (χ0) is 17.4. The predicted octanol–water partition coefficient (Wildman–Crippen LogP) is 5.64. The number of nitro groups is 1. The molecule has 0 amide bonds. The van der Waals surface area contributed by atoms with Gasteiger partial charge < -0.3 is 5.11 Å². The molecule has 1 N–H and O–H groups in total. The van der Waals surface area contributed by atoms with Crippen LogP contribution in [-0.2, 0) is 0 Å². The van der Waals surface area contributed by atoms with E-state index in [1.165, 1.54) is 34.8 Å². The molecule has 0 saturated carbocycles. The van der Waals surface area contributed by atoms with E-state index in [0.29, 0.717) is 16.1 Å². The molecule has 2 aromatic heterocycles. The number of nitrogens with zero attached hydrogens (tertiary/aromatic N) is 2. The van der Waals surface area contributed by atoms with Crippen LogP contribution < -0.4 is 0 Å². The fourth-order valence-electron chi connectivity index (χ4n) is 2.14. The van der Waals surface area contributed by atoms with E-state index in [0.717, 1.165) is 15.4 Å². The molecule has 122 valence electrons. The average Bonchev–Trinajstić information content (AvgIpc) is 3.14. The number of aryl methyl sites for hydroxylation is 1. The van der Waals surface area contributed by atoms with E-state index < -0.39 is 4.92 Å². The molecule has 0 aliphatic carbocycles. The summed E-state index contributed by atoms with van der Waals surface area (Å²) in [4.78, 5) is 16.7. The molecule has 24 heavy (non-hydrogen) atoms. The maximum absolute atomic E-state index is 11.0. The second-order valence-electron chi connectivity index (χ2n) is 4.85. The summed E-state index contributed by atoms with van der Waals surface area (Å²) < 4.78 is 0. The SMILES string of the molecule is Cc1sc(C(O)=S)cc1-c1nc(-c2ccc(Cl)c([N+](=O)[O-])c2)cs1. The van der Waals surface area contributed by atoms with E-state index in [4.69, 9.17) is 23.8 Å². The summed E-state index contributed by atoms with van der Waals surface area (Å²) in [7, 11) is 0. The summed E-state index contributed by atoms with van der Waals surface area (Å²) in [5.74, 6) is 0. The molecule has 0 fully saturated rings. The average molecular weight is 397 g/mol. The van der Waals surface area contributed by atoms with Crippen LogP contribution in [0.2, 0.25) is 5.02 Å². The van der Waals surface area contributed by atoms with Gasteiger partial charge in [-0.1, -0.05) is 17.7 Å². The van der Waals surface area contributed by atoms with Gasteiger partial charge in [-0.25, -0.2) is 4.98 Å². The standard InChI is InChI=1S/C15H9ClN2O3S3/c1-7-9(5-13(24-7)15(19)22)14-17-11(6-23-14)8-2-3-10(16)12(4-8)18(20)21/h2-6H,1H3,(H,19,22). The molecule has 3 aromatic rings. The van der Waals surface area contributed by atoms with E-state index in [1.54, 1.807) is 12.1 Å². The third-order valence-electron chi connectivity index (χ3n) is 3.30. The molecule has 0 unspecified atom stereocenters. The van der Waals surface area contributed by atoms with Crippen LogP contribution in [-0.4, -0.2) is 20.1 Å². The summed E-state index contributed by atoms with van der Waals surface area (Å²) >= 11 is 13.5. The molecule has 0 radical (unpaired) electrons. The van der Waals surface area contributed by atoms with Crippen molar-refractivity contribution < 1.29 is 10.0 Å². The summed E-state index contributed by atoms with van der Waals surface area (Å²) in [6.07, 6.45) is 0. The van der Waals surface area contributed by atoms with Gasteiger partial charge in [0.2, 0.25) is 0 Å². The van der Waals surface area contributed by atoms with Gasteiger partial charge in [0.05, 0.1) is 15.5 Å². The second-order valence-corrected chi connectivity index (χ2v) is 7.76. The highest BCUT2D eigenvalue weighted by Crippen LogP contribution is 2.36. The quantitative estimate of drug-likeness (QED) is 0.350. The summed E-state index contributed by atoms with van der Waals surface area (Å²) in [5.41, 5.74) is 2.00. The molecule has 1 aromatic carbocycles. The van der Waals surface area contributed by atoms with Crippen molar-refractivity contribution in [3.63, 3.8) is 0 Å². The van der Waals surface area contributed by atoms with Gasteiger partial charge in [-0.15, -0.1) is 22.7 Å². The van der Waals surface area contributed by atoms with E-state index >= 15 is 0 Å². The molecule has 0 saturated heterocycles. The Morgan fingerprint density at radius 2 is 2.17 bits per heavy atom. The Morgan fingerprint density at radius 1 is 1.42 bits per heavy atom. The molecular formula is C15H9ClN2O3S3. The van der Waals surface area contributed by atoms with Crippen LogP contribution in [0.25, 0.3) is 21.8 Å². The number of thiocarbonyl (C=S) groups is 1. The van der Waals surface area contributed by atoms with Gasteiger partial charge in [0.1, 0.15) is 10.0 Å². The number of benzene rings is 1. The Kier molecular flexibility index (Phi) is 4.64. The maximum Gasteiger partial charge on any atom is 0.288 e. The van der Waals surface area contributed by atoms with Crippen molar-refractivity contribution in [2.45, 2.75) is 6.92 Å². The molecule has 0 spiro atoms. The third-order valence-corrected chi connectivity index (χ3v) is 5.90. The van der Waals surface area contributed by atoms with Crippen molar-refractivity contribution in [2.24, 2.45) is 0 Å². The molecular weight excluding hydrogens is 388 g/mol. The maximum atomic E-state index is 11.0. The Labute approximate surface area is 155 Å². The predicted molar refractivity (Wildman–Crippen MR) is 102 cm³/mol. The summed E-state index contributed by atoms with van der Waals surface area (Å²) in [6, 6.07) is 6.40. The Bertz CT molecular complexity index is 965. The number of aromatic nitrogens is 1. The zero-order valence-corrected chi connectivity index (χ0v) is 15.4. The highest BCUT2D eigenvalue weighted by molar-refractivity contribution is 7.80. The molecule has 9 heteroatoms. The van der Waals surface area contributed by atoms with Gasteiger partial charge in [0.25, 0.3) is 5.69 Å². The molecule has 0 atom stereocenters. The number of rotatable bonds is 4. The van der Waals surface area contributed by atoms with Crippen LogP contribution in [0.3, 0.4) is 0 Å². The van der Waals surface area contributed by atoms with E-state index in [1.807, 2.05) is 12.3 Å². The smallest absolute Gasteiger partial charge is 0.288 e. The lowest BCUT2D eigenvalue weighted by atomic mass is 10.1. The van der Waals surface area contributed by atoms with Crippen LogP contribution in [0, 0.1) is 17.0 Å². The Balaban J connectivity index is 2.01. The minimum absolute atomic E-state index is 0.0917. The fourth-order valence-corrected chi connectivity index (χ4v) is 4.34. The molecule has 0 aliphatic rings. The molecule has 5 nitrogen and oxygen atoms in total. The van der Waals surface area contributed by atoms with E-state index in [9.17, 15) is 15.2 Å². The number of hydrogen-bond acceptors (Lipinski definition) is 6. The number of hydrogen-bond donors (Lipinski definition) is 1. The van der Waals surface area contributed by atoms with E-state index in [-0.39, 0.29) is 15.8 Å². The molecule has 2 heterocycles. The topological polar surface area (TPSA) is 76.3 Å². The second kappa shape index (κ2) is 6.56. The molecule has 0 aliphatic heterocycles. The number of aliphatic hydroxyl groups excluding tert-OH is 1. The number of nitro benzene ring substituents is 1. The highest BCUT2D eigenvalue weighted by Gasteiger charge is 2.17. The molecule has 3 rings (SSSR count). The van der Waals surface area contributed by atoms with E-state index in [2.05, 4.69) is 4.98 Å². The zero-order valence-electron chi connectivity index (χ0n) is 12.1. The monoisotopic (exact) mass is 396 g/mol. The lowest BCUT2D eigenvalue weighted by Gasteiger charge is -1.99. The molecule has 0 bridgehead atoms. The van der Waals surface area contributed by atoms with Gasteiger partial charge in [-0.2, -0.15) is 0 Å². The first-order valence-corrected chi connectivity index (χ1v) is 9.09. The van der Waals surface area contributed by atoms with Crippen molar-refractivity contribution in [3.8, 4) is 21.8 Å². The van der Waals surface area contributed by atoms with Crippen molar-refractivity contribution in [1.29, 1.82) is 0 Å². The number of thiophene rings is 1. The van der Waals surface area contributed by atoms with Gasteiger partial charge in [-0.3, -0.25) is 10.1 Å². The van der Waals surface area contributed by atoms with Crippen LogP contribution in [0.15, 0.2) is 29.6 Å². The fraction of sp³-hybridized carbons (Fsp3) is 0.0667. The minimum Gasteiger partial charge on any atom is -0.498 e. The van der Waals surface area contributed by atoms with Crippen molar-refractivity contribution >= 4 is 57.2 Å². The first-order chi connectivity index (χ1) is 11.4. The van der Waals surface area contributed by atoms with Crippen molar-refractivity contribution in [3.05, 3.63) is 54.5 Å². The normalized spacial score (nSPS) is 10.8. The number of halogens is 1. The lowest BCUT2D eigenvalue weighted by molar-refractivity contribution is -0.384. The van der Waals surface area contributed by atoms with Gasteiger partial charge in [0, 0.05) is 27.5 Å². The van der Waals surface area contributed by atoms with Crippen LogP contribution >= 0.6 is 46.5 Å². The number of aliphatic hydroxyl groups is 1. The highest BCUT2D eigenvalue weighted by atomic mass is 35.5. The van der Waals surface area contributed by atoms with Gasteiger partial charge in [-0.05, 0) is 31.3 Å². The van der Waals surface area contributed by atoms with Crippen molar-refractivity contribution in [2.75, 3.05) is 0 Å². The van der Waals surface area contributed by atoms with Gasteiger partial charge in [0.15, 0.2) is 5.05 Å². The largest absolute Gasteiger partial charge is 0.498 e. The Morgan fingerprint density at radius 3 is 2.79 bits per heavy atom.